The first kappa shape index (κ1) is 74.4. The lowest BCUT2D eigenvalue weighted by atomic mass is 10.0. The molecule has 0 amide bonds. The highest BCUT2D eigenvalue weighted by Gasteiger charge is 2.25. The van der Waals surface area contributed by atoms with E-state index in [-0.39, 0.29) is 32.2 Å². The van der Waals surface area contributed by atoms with Gasteiger partial charge in [0.15, 0.2) is 6.10 Å². The summed E-state index contributed by atoms with van der Waals surface area (Å²) in [6.45, 7) is 4.72. The molecule has 0 spiro atoms. The van der Waals surface area contributed by atoms with Gasteiger partial charge in [0.25, 0.3) is 6.29 Å². The van der Waals surface area contributed by atoms with Gasteiger partial charge in [-0.15, -0.1) is 0 Å². The average molecular weight is 1100 g/mol. The number of ether oxygens (including phenoxy) is 4. The Hall–Kier alpha value is -4.57. The summed E-state index contributed by atoms with van der Waals surface area (Å²) in [5, 5.41) is 9.71. The maximum atomic E-state index is 12.9. The zero-order valence-electron chi connectivity index (χ0n) is 51.0. The lowest BCUT2D eigenvalue weighted by Gasteiger charge is -2.25. The van der Waals surface area contributed by atoms with Gasteiger partial charge in [-0.25, -0.2) is 4.79 Å². The van der Waals surface area contributed by atoms with Crippen molar-refractivity contribution in [3.05, 3.63) is 134 Å². The Morgan fingerprint density at radius 1 is 0.392 bits per heavy atom. The van der Waals surface area contributed by atoms with E-state index in [2.05, 4.69) is 148 Å². The SMILES string of the molecule is CC/C=C\C/C=C\C/C=C\C/C=C\C/C=C\C/C=C\C/C=C\C/C=C\C/C=C\C/C=C\C/C=C\CCCCCC(=O)OC(COC(=O)CCCCCCCCCCCCCCCCCCC)COC(OCC[N+](C)(C)C)C(=O)O. The number of hydrogen-bond acceptors (Lipinski definition) is 7. The van der Waals surface area contributed by atoms with E-state index in [1.54, 1.807) is 0 Å². The first-order valence-corrected chi connectivity index (χ1v) is 31.3. The summed E-state index contributed by atoms with van der Waals surface area (Å²) in [4.78, 5) is 37.4. The van der Waals surface area contributed by atoms with Crippen molar-refractivity contribution in [2.75, 3.05) is 47.5 Å². The van der Waals surface area contributed by atoms with Gasteiger partial charge < -0.3 is 28.5 Å². The van der Waals surface area contributed by atoms with Crippen LogP contribution in [0.1, 0.15) is 232 Å². The molecule has 0 aliphatic heterocycles. The van der Waals surface area contributed by atoms with E-state index in [9.17, 15) is 19.5 Å². The number of likely N-dealkylation sites (N-methyl/N-ethyl adjacent to an activating group) is 1. The molecule has 0 aromatic rings. The molecule has 448 valence electrons. The standard InChI is InChI=1S/C70H115NO8/c1-6-8-10-12-14-16-18-20-22-24-25-26-27-28-29-30-31-32-33-34-35-36-37-38-39-40-41-42-43-45-47-49-51-53-55-57-59-61-68(73)79-66(65-78-70(69(74)75)76-63-62-71(3,4)5)64-77-67(72)60-58-56-54-52-50-48-46-44-23-21-19-17-15-13-11-9-7-2/h8,10,14,16,20,22,25-26,28-29,31-32,34-35,37-38,40-41,43,45,49,51,66,70H,6-7,9,11-13,15,17-19,21,23-24,27,30,33,36,39,42,44,46-48,50,52-65H2,1-5H3/p+1/b10-8-,16-14-,22-20-,26-25-,29-28-,32-31-,35-34-,38-37-,41-40-,45-43-,51-49-. The Balaban J connectivity index is 4.29. The number of carbonyl (C=O) groups excluding carboxylic acids is 2. The summed E-state index contributed by atoms with van der Waals surface area (Å²) in [5.41, 5.74) is 0. The molecule has 9 nitrogen and oxygen atoms in total. The number of carboxylic acids is 1. The predicted molar refractivity (Wildman–Crippen MR) is 336 cm³/mol. The molecule has 0 aliphatic rings. The minimum atomic E-state index is -1.53. The number of allylic oxidation sites excluding steroid dienone is 22. The summed E-state index contributed by atoms with van der Waals surface area (Å²) >= 11 is 0. The second kappa shape index (κ2) is 59.5. The van der Waals surface area contributed by atoms with Crippen LogP contribution in [0.15, 0.2) is 134 Å². The van der Waals surface area contributed by atoms with Crippen LogP contribution in [0.3, 0.4) is 0 Å². The van der Waals surface area contributed by atoms with E-state index >= 15 is 0 Å². The van der Waals surface area contributed by atoms with Gasteiger partial charge >= 0.3 is 17.9 Å². The summed E-state index contributed by atoms with van der Waals surface area (Å²) in [6, 6.07) is 0. The smallest absolute Gasteiger partial charge is 0.361 e. The lowest BCUT2D eigenvalue weighted by molar-refractivity contribution is -0.870. The van der Waals surface area contributed by atoms with E-state index in [0.717, 1.165) is 109 Å². The van der Waals surface area contributed by atoms with Crippen LogP contribution in [0, 0.1) is 0 Å². The van der Waals surface area contributed by atoms with E-state index in [1.165, 1.54) is 89.9 Å². The average Bonchev–Trinajstić information content (AvgIpc) is 3.42. The normalized spacial score (nSPS) is 13.7. The Morgan fingerprint density at radius 3 is 1.08 bits per heavy atom. The second-order valence-electron chi connectivity index (χ2n) is 21.6. The van der Waals surface area contributed by atoms with Gasteiger partial charge in [0.05, 0.1) is 34.4 Å². The molecule has 0 aromatic heterocycles. The van der Waals surface area contributed by atoms with Crippen molar-refractivity contribution in [2.45, 2.75) is 245 Å². The van der Waals surface area contributed by atoms with Crippen molar-refractivity contribution in [1.29, 1.82) is 0 Å². The van der Waals surface area contributed by atoms with Crippen molar-refractivity contribution >= 4 is 17.9 Å². The molecule has 0 fully saturated rings. The van der Waals surface area contributed by atoms with Crippen LogP contribution in [-0.4, -0.2) is 87.4 Å². The Bertz CT molecular complexity index is 1750. The van der Waals surface area contributed by atoms with Crippen LogP contribution in [0.4, 0.5) is 0 Å². The molecule has 2 atom stereocenters. The molecule has 9 heteroatoms. The molecule has 0 heterocycles. The van der Waals surface area contributed by atoms with Gasteiger partial charge in [-0.2, -0.15) is 0 Å². The van der Waals surface area contributed by atoms with Gasteiger partial charge in [-0.05, 0) is 96.3 Å². The zero-order chi connectivity index (χ0) is 57.6. The molecule has 0 bridgehead atoms. The quantitative estimate of drug-likeness (QED) is 0.0211. The first-order valence-electron chi connectivity index (χ1n) is 31.3. The van der Waals surface area contributed by atoms with Gasteiger partial charge in [-0.1, -0.05) is 257 Å². The third-order valence-corrected chi connectivity index (χ3v) is 12.9. The summed E-state index contributed by atoms with van der Waals surface area (Å²) in [5.74, 6) is -2.06. The number of aliphatic carboxylic acids is 1. The van der Waals surface area contributed by atoms with Crippen LogP contribution in [0.5, 0.6) is 0 Å². The number of carboxylic acid groups (broad SMARTS) is 1. The summed E-state index contributed by atoms with van der Waals surface area (Å²) in [7, 11) is 5.95. The molecule has 0 radical (unpaired) electrons. The molecule has 0 aromatic carbocycles. The van der Waals surface area contributed by atoms with Crippen molar-refractivity contribution in [3.63, 3.8) is 0 Å². The molecular weight excluding hydrogens is 983 g/mol. The Labute approximate surface area is 484 Å². The molecule has 0 rings (SSSR count). The van der Waals surface area contributed by atoms with Crippen molar-refractivity contribution in [3.8, 4) is 0 Å². The number of nitrogens with zero attached hydrogens (tertiary/aromatic N) is 1. The maximum absolute atomic E-state index is 12.9. The van der Waals surface area contributed by atoms with Crippen LogP contribution in [-0.2, 0) is 33.3 Å². The molecule has 1 N–H and O–H groups in total. The van der Waals surface area contributed by atoms with Crippen LogP contribution in [0.25, 0.3) is 0 Å². The Morgan fingerprint density at radius 2 is 0.722 bits per heavy atom. The number of esters is 2. The maximum Gasteiger partial charge on any atom is 0.361 e. The van der Waals surface area contributed by atoms with E-state index in [0.29, 0.717) is 23.9 Å². The number of carbonyl (C=O) groups is 3. The van der Waals surface area contributed by atoms with Gasteiger partial charge in [0.2, 0.25) is 0 Å². The fraction of sp³-hybridized carbons (Fsp3) is 0.643. The molecule has 0 saturated carbocycles. The summed E-state index contributed by atoms with van der Waals surface area (Å²) < 4.78 is 22.8. The van der Waals surface area contributed by atoms with Crippen LogP contribution in [0.2, 0.25) is 0 Å². The van der Waals surface area contributed by atoms with Gasteiger partial charge in [-0.3, -0.25) is 9.59 Å². The minimum Gasteiger partial charge on any atom is -0.477 e. The number of hydrogen-bond donors (Lipinski definition) is 1. The highest BCUT2D eigenvalue weighted by atomic mass is 16.7. The van der Waals surface area contributed by atoms with Crippen molar-refractivity contribution in [2.24, 2.45) is 0 Å². The monoisotopic (exact) mass is 1100 g/mol. The molecule has 2 unspecified atom stereocenters. The zero-order valence-corrected chi connectivity index (χ0v) is 51.0. The Kier molecular flexibility index (Phi) is 56.1. The van der Waals surface area contributed by atoms with E-state index in [1.807, 2.05) is 21.1 Å². The fourth-order valence-corrected chi connectivity index (χ4v) is 8.14. The first-order chi connectivity index (χ1) is 38.6. The van der Waals surface area contributed by atoms with E-state index in [4.69, 9.17) is 18.9 Å². The van der Waals surface area contributed by atoms with E-state index < -0.39 is 24.3 Å². The number of rotatable bonds is 56. The predicted octanol–water partition coefficient (Wildman–Crippen LogP) is 19.0. The highest BCUT2D eigenvalue weighted by Crippen LogP contribution is 2.15. The minimum absolute atomic E-state index is 0.175. The molecule has 0 aliphatic carbocycles. The lowest BCUT2D eigenvalue weighted by Crippen LogP contribution is -2.40. The van der Waals surface area contributed by atoms with Gasteiger partial charge in [0.1, 0.15) is 13.2 Å². The topological polar surface area (TPSA) is 108 Å². The van der Waals surface area contributed by atoms with Crippen molar-refractivity contribution < 1.29 is 42.9 Å². The van der Waals surface area contributed by atoms with Gasteiger partial charge in [0, 0.05) is 12.8 Å². The molecule has 79 heavy (non-hydrogen) atoms. The third kappa shape index (κ3) is 60.9. The fourth-order valence-electron chi connectivity index (χ4n) is 8.14. The highest BCUT2D eigenvalue weighted by molar-refractivity contribution is 5.71. The van der Waals surface area contributed by atoms with Crippen LogP contribution < -0.4 is 0 Å². The molecule has 0 saturated heterocycles. The number of quaternary nitrogens is 1. The third-order valence-electron chi connectivity index (χ3n) is 12.9. The summed E-state index contributed by atoms with van der Waals surface area (Å²) in [6.07, 6.45) is 82.6. The second-order valence-corrected chi connectivity index (χ2v) is 21.6. The number of unbranched alkanes of at least 4 members (excludes halogenated alkanes) is 19. The van der Waals surface area contributed by atoms with Crippen LogP contribution >= 0.6 is 0 Å². The largest absolute Gasteiger partial charge is 0.477 e. The molecular formula is C70H116NO8+. The van der Waals surface area contributed by atoms with Crippen molar-refractivity contribution in [1.82, 2.24) is 0 Å².